The van der Waals surface area contributed by atoms with Crippen molar-refractivity contribution in [3.8, 4) is 0 Å². The van der Waals surface area contributed by atoms with E-state index in [0.29, 0.717) is 6.04 Å². The highest BCUT2D eigenvalue weighted by atomic mass is 35.5. The Morgan fingerprint density at radius 2 is 1.96 bits per heavy atom. The lowest BCUT2D eigenvalue weighted by Gasteiger charge is -2.60. The summed E-state index contributed by atoms with van der Waals surface area (Å²) in [6, 6.07) is 9.14. The van der Waals surface area contributed by atoms with Crippen LogP contribution in [0.4, 0.5) is 4.79 Å². The molecule has 3 fully saturated rings. The van der Waals surface area contributed by atoms with Gasteiger partial charge >= 0.3 is 6.09 Å². The number of benzene rings is 1. The number of carbonyl (C=O) groups is 1. The molecule has 3 saturated heterocycles. The highest BCUT2D eigenvalue weighted by Gasteiger charge is 2.50. The number of rotatable bonds is 2. The monoisotopic (exact) mass is 384 g/mol. The summed E-state index contributed by atoms with van der Waals surface area (Å²) in [4.78, 5) is 15.7. The first-order valence-corrected chi connectivity index (χ1v) is 11.2. The van der Waals surface area contributed by atoms with Crippen LogP contribution in [0.25, 0.3) is 0 Å². The highest BCUT2D eigenvalue weighted by Crippen LogP contribution is 2.69. The average molecular weight is 385 g/mol. The zero-order chi connectivity index (χ0) is 18.4. The maximum Gasteiger partial charge on any atom is 0.410 e. The van der Waals surface area contributed by atoms with E-state index in [1.807, 2.05) is 44.9 Å². The first-order valence-electron chi connectivity index (χ1n) is 8.85. The van der Waals surface area contributed by atoms with Gasteiger partial charge in [-0.25, -0.2) is 4.79 Å². The van der Waals surface area contributed by atoms with E-state index in [4.69, 9.17) is 16.3 Å². The molecule has 140 valence electrons. The molecule has 2 bridgehead atoms. The van der Waals surface area contributed by atoms with Crippen molar-refractivity contribution >= 4 is 27.9 Å². The summed E-state index contributed by atoms with van der Waals surface area (Å²) in [5.41, 5.74) is -0.454. The van der Waals surface area contributed by atoms with Crippen molar-refractivity contribution in [3.05, 3.63) is 29.3 Å². The van der Waals surface area contributed by atoms with Crippen molar-refractivity contribution in [1.82, 2.24) is 9.21 Å². The van der Waals surface area contributed by atoms with E-state index in [0.717, 1.165) is 23.6 Å². The molecule has 4 rings (SSSR count). The molecule has 1 amide bonds. The number of hydrogen-bond acceptors (Lipinski definition) is 3. The maximum atomic E-state index is 12.4. The minimum atomic E-state index is -0.939. The molecule has 1 aromatic rings. The topological polar surface area (TPSA) is 32.8 Å². The van der Waals surface area contributed by atoms with Gasteiger partial charge < -0.3 is 9.64 Å². The van der Waals surface area contributed by atoms with Crippen LogP contribution >= 0.6 is 21.8 Å². The standard InChI is InChI=1S/C19H29ClN2O2S/c1-19(2,3)24-18(23)21(4)15-10-11-25(13-16(12-15)22(25)5)17-8-6-14(20)7-9-17/h6-9,15-16H,10-13H2,1-5H3. The summed E-state index contributed by atoms with van der Waals surface area (Å²) in [5, 5.41) is 0.786. The van der Waals surface area contributed by atoms with Gasteiger partial charge in [0.25, 0.3) is 0 Å². The molecular weight excluding hydrogens is 356 g/mol. The smallest absolute Gasteiger partial charge is 0.410 e. The molecule has 4 nitrogen and oxygen atoms in total. The molecule has 3 aliphatic rings. The third kappa shape index (κ3) is 3.64. The van der Waals surface area contributed by atoms with Crippen LogP contribution in [-0.4, -0.2) is 58.6 Å². The Labute approximate surface area is 157 Å². The van der Waals surface area contributed by atoms with Crippen molar-refractivity contribution in [2.24, 2.45) is 0 Å². The number of ether oxygens (including phenoxy) is 1. The molecule has 0 aliphatic carbocycles. The molecule has 25 heavy (non-hydrogen) atoms. The van der Waals surface area contributed by atoms with Gasteiger partial charge in [0.15, 0.2) is 0 Å². The molecule has 3 unspecified atom stereocenters. The molecule has 1 aromatic carbocycles. The van der Waals surface area contributed by atoms with Crippen LogP contribution in [0.5, 0.6) is 0 Å². The van der Waals surface area contributed by atoms with Gasteiger partial charge in [-0.2, -0.15) is 10.2 Å². The summed E-state index contributed by atoms with van der Waals surface area (Å²) in [6.07, 6.45) is 1.83. The summed E-state index contributed by atoms with van der Waals surface area (Å²) in [7, 11) is 3.19. The number of amides is 1. The van der Waals surface area contributed by atoms with Gasteiger partial charge in [0.1, 0.15) is 5.60 Å². The Hall–Kier alpha value is -0.910. The second kappa shape index (κ2) is 6.67. The fourth-order valence-corrected chi connectivity index (χ4v) is 8.20. The second-order valence-corrected chi connectivity index (χ2v) is 12.0. The summed E-state index contributed by atoms with van der Waals surface area (Å²) >= 11 is 6.07. The van der Waals surface area contributed by atoms with Gasteiger partial charge in [-0.05, 0) is 70.7 Å². The third-order valence-corrected chi connectivity index (χ3v) is 10.00. The molecule has 3 heterocycles. The van der Waals surface area contributed by atoms with E-state index in [1.165, 1.54) is 10.6 Å². The number of hydrogen-bond donors (Lipinski definition) is 0. The lowest BCUT2D eigenvalue weighted by molar-refractivity contribution is 0.0203. The van der Waals surface area contributed by atoms with Crippen LogP contribution in [0.1, 0.15) is 33.6 Å². The summed E-state index contributed by atoms with van der Waals surface area (Å²) in [5.74, 6) is 2.35. The SMILES string of the molecule is CN(C(=O)OC(C)(C)C)C1CCS2(c3ccc(Cl)cc3)CC(C1)N2C. The molecule has 0 N–H and O–H groups in total. The van der Waals surface area contributed by atoms with Crippen LogP contribution in [0.3, 0.4) is 0 Å². The van der Waals surface area contributed by atoms with Crippen LogP contribution in [-0.2, 0) is 4.74 Å². The van der Waals surface area contributed by atoms with E-state index < -0.39 is 15.8 Å². The molecule has 0 saturated carbocycles. The predicted molar refractivity (Wildman–Crippen MR) is 106 cm³/mol. The minimum Gasteiger partial charge on any atom is -0.444 e. The zero-order valence-electron chi connectivity index (χ0n) is 15.8. The predicted octanol–water partition coefficient (Wildman–Crippen LogP) is 4.76. The molecule has 3 atom stereocenters. The van der Waals surface area contributed by atoms with Crippen molar-refractivity contribution in [2.45, 2.75) is 56.2 Å². The molecule has 3 aliphatic heterocycles. The van der Waals surface area contributed by atoms with Gasteiger partial charge in [0, 0.05) is 34.8 Å². The highest BCUT2D eigenvalue weighted by molar-refractivity contribution is 8.32. The van der Waals surface area contributed by atoms with E-state index in [1.54, 1.807) is 0 Å². The zero-order valence-corrected chi connectivity index (χ0v) is 17.4. The van der Waals surface area contributed by atoms with Crippen molar-refractivity contribution in [2.75, 3.05) is 25.6 Å². The van der Waals surface area contributed by atoms with E-state index >= 15 is 0 Å². The third-order valence-electron chi connectivity index (χ3n) is 5.35. The number of carbonyl (C=O) groups excluding carboxylic acids is 1. The average Bonchev–Trinajstić information content (AvgIpc) is 2.82. The Bertz CT molecular complexity index is 646. The quantitative estimate of drug-likeness (QED) is 0.736. The molecule has 0 spiro atoms. The number of fused-ring (bicyclic) bond motifs is 3. The summed E-state index contributed by atoms with van der Waals surface area (Å²) in [6.45, 7) is 5.74. The molecule has 6 heteroatoms. The Morgan fingerprint density at radius 3 is 2.52 bits per heavy atom. The van der Waals surface area contributed by atoms with Crippen LogP contribution in [0, 0.1) is 0 Å². The minimum absolute atomic E-state index is 0.213. The fourth-order valence-electron chi connectivity index (χ4n) is 3.85. The van der Waals surface area contributed by atoms with Gasteiger partial charge in [0.2, 0.25) is 0 Å². The van der Waals surface area contributed by atoms with E-state index in [-0.39, 0.29) is 12.1 Å². The normalized spacial score (nSPS) is 32.1. The number of halogens is 1. The molecular formula is C19H29ClN2O2S. The molecule has 0 radical (unpaired) electrons. The Balaban J connectivity index is 1.73. The van der Waals surface area contributed by atoms with Crippen LogP contribution < -0.4 is 0 Å². The first-order chi connectivity index (χ1) is 11.6. The van der Waals surface area contributed by atoms with Crippen molar-refractivity contribution < 1.29 is 9.53 Å². The number of nitrogens with zero attached hydrogens (tertiary/aromatic N) is 2. The first kappa shape index (κ1) is 18.9. The largest absolute Gasteiger partial charge is 0.444 e. The van der Waals surface area contributed by atoms with E-state index in [2.05, 4.69) is 23.5 Å². The van der Waals surface area contributed by atoms with Gasteiger partial charge in [-0.3, -0.25) is 4.31 Å². The fraction of sp³-hybridized carbons (Fsp3) is 0.632. The van der Waals surface area contributed by atoms with Crippen molar-refractivity contribution in [1.29, 1.82) is 0 Å². The lowest BCUT2D eigenvalue weighted by Crippen LogP contribution is -2.51. The van der Waals surface area contributed by atoms with E-state index in [9.17, 15) is 4.79 Å². The van der Waals surface area contributed by atoms with Crippen LogP contribution in [0.15, 0.2) is 29.2 Å². The van der Waals surface area contributed by atoms with Gasteiger partial charge in [-0.1, -0.05) is 11.6 Å². The second-order valence-electron chi connectivity index (χ2n) is 8.14. The Kier molecular flexibility index (Phi) is 5.04. The van der Waals surface area contributed by atoms with Gasteiger partial charge in [-0.15, -0.1) is 0 Å². The molecule has 0 aromatic heterocycles. The maximum absolute atomic E-state index is 12.4. The summed E-state index contributed by atoms with van der Waals surface area (Å²) < 4.78 is 8.13. The van der Waals surface area contributed by atoms with Crippen LogP contribution in [0.2, 0.25) is 5.02 Å². The Morgan fingerprint density at radius 1 is 1.32 bits per heavy atom. The van der Waals surface area contributed by atoms with Gasteiger partial charge in [0.05, 0.1) is 0 Å². The van der Waals surface area contributed by atoms with Crippen molar-refractivity contribution in [3.63, 3.8) is 0 Å². The lowest BCUT2D eigenvalue weighted by atomic mass is 10.1.